The summed E-state index contributed by atoms with van der Waals surface area (Å²) in [7, 11) is -3.64. The standard InChI is InChI=1S/C13H14N2O2S/c1-4-10-15(11-5-2)14-18(16,17)13-8-6-12(3)7-9-13/h1-2,6-9,14H,10-11H2,3H3. The Hall–Kier alpha value is -1.79. The van der Waals surface area contributed by atoms with Crippen LogP contribution in [-0.4, -0.2) is 26.5 Å². The Morgan fingerprint density at radius 2 is 1.67 bits per heavy atom. The van der Waals surface area contributed by atoms with Crippen LogP contribution in [0.5, 0.6) is 0 Å². The van der Waals surface area contributed by atoms with E-state index in [0.717, 1.165) is 5.56 Å². The molecule has 4 nitrogen and oxygen atoms in total. The summed E-state index contributed by atoms with van der Waals surface area (Å²) in [6.07, 6.45) is 10.3. The van der Waals surface area contributed by atoms with E-state index in [1.807, 2.05) is 6.92 Å². The van der Waals surface area contributed by atoms with Crippen LogP contribution in [-0.2, 0) is 10.0 Å². The lowest BCUT2D eigenvalue weighted by molar-refractivity contribution is 0.306. The summed E-state index contributed by atoms with van der Waals surface area (Å²) in [5.74, 6) is 4.68. The maximum Gasteiger partial charge on any atom is 0.253 e. The molecular weight excluding hydrogens is 248 g/mol. The number of hydrazine groups is 1. The molecule has 1 aromatic carbocycles. The van der Waals surface area contributed by atoms with E-state index < -0.39 is 10.0 Å². The van der Waals surface area contributed by atoms with Crippen LogP contribution in [0.2, 0.25) is 0 Å². The van der Waals surface area contributed by atoms with E-state index in [-0.39, 0.29) is 18.0 Å². The van der Waals surface area contributed by atoms with Crippen molar-refractivity contribution in [3.8, 4) is 24.7 Å². The third-order valence-corrected chi connectivity index (χ3v) is 3.54. The van der Waals surface area contributed by atoms with Crippen LogP contribution in [0, 0.1) is 31.6 Å². The second-order valence-corrected chi connectivity index (χ2v) is 5.33. The van der Waals surface area contributed by atoms with E-state index in [9.17, 15) is 8.42 Å². The second-order valence-electron chi connectivity index (χ2n) is 3.67. The SMILES string of the molecule is C#CCN(CC#C)NS(=O)(=O)c1ccc(C)cc1. The minimum absolute atomic E-state index is 0.106. The zero-order valence-corrected chi connectivity index (χ0v) is 10.9. The molecule has 5 heteroatoms. The van der Waals surface area contributed by atoms with E-state index >= 15 is 0 Å². The van der Waals surface area contributed by atoms with Gasteiger partial charge in [-0.1, -0.05) is 29.5 Å². The van der Waals surface area contributed by atoms with Gasteiger partial charge in [-0.25, -0.2) is 13.4 Å². The number of hydrogen-bond donors (Lipinski definition) is 1. The molecule has 0 amide bonds. The minimum atomic E-state index is -3.64. The molecule has 0 aromatic heterocycles. The molecule has 18 heavy (non-hydrogen) atoms. The van der Waals surface area contributed by atoms with Crippen LogP contribution < -0.4 is 4.83 Å². The second kappa shape index (κ2) is 6.23. The first-order valence-electron chi connectivity index (χ1n) is 5.20. The van der Waals surface area contributed by atoms with E-state index in [4.69, 9.17) is 12.8 Å². The molecule has 0 aliphatic heterocycles. The Bertz CT molecular complexity index is 561. The quantitative estimate of drug-likeness (QED) is 0.629. The molecule has 0 heterocycles. The van der Waals surface area contributed by atoms with Gasteiger partial charge in [0.25, 0.3) is 10.0 Å². The zero-order chi connectivity index (χ0) is 13.6. The van der Waals surface area contributed by atoms with Gasteiger partial charge >= 0.3 is 0 Å². The third-order valence-electron chi connectivity index (χ3n) is 2.14. The van der Waals surface area contributed by atoms with E-state index in [1.165, 1.54) is 17.1 Å². The fraction of sp³-hybridized carbons (Fsp3) is 0.231. The van der Waals surface area contributed by atoms with E-state index in [0.29, 0.717) is 0 Å². The van der Waals surface area contributed by atoms with Crippen molar-refractivity contribution in [2.45, 2.75) is 11.8 Å². The lowest BCUT2D eigenvalue weighted by atomic mass is 10.2. The van der Waals surface area contributed by atoms with Gasteiger partial charge in [-0.05, 0) is 19.1 Å². The Kier molecular flexibility index (Phi) is 4.94. The van der Waals surface area contributed by atoms with Crippen LogP contribution >= 0.6 is 0 Å². The largest absolute Gasteiger partial charge is 0.253 e. The molecule has 0 aliphatic rings. The molecule has 0 fully saturated rings. The van der Waals surface area contributed by atoms with Crippen LogP contribution in [0.15, 0.2) is 29.2 Å². The van der Waals surface area contributed by atoms with Crippen molar-refractivity contribution < 1.29 is 8.42 Å². The van der Waals surface area contributed by atoms with Crippen molar-refractivity contribution in [2.75, 3.05) is 13.1 Å². The van der Waals surface area contributed by atoms with Gasteiger partial charge in [0.15, 0.2) is 0 Å². The predicted molar refractivity (Wildman–Crippen MR) is 70.7 cm³/mol. The Balaban J connectivity index is 2.90. The van der Waals surface area contributed by atoms with Crippen molar-refractivity contribution in [1.29, 1.82) is 0 Å². The highest BCUT2D eigenvalue weighted by Crippen LogP contribution is 2.10. The molecule has 1 rings (SSSR count). The summed E-state index contributed by atoms with van der Waals surface area (Å²) < 4.78 is 24.0. The van der Waals surface area contributed by atoms with Crippen LogP contribution in [0.3, 0.4) is 0 Å². The van der Waals surface area contributed by atoms with Gasteiger partial charge in [0.2, 0.25) is 0 Å². The monoisotopic (exact) mass is 262 g/mol. The zero-order valence-electron chi connectivity index (χ0n) is 10.1. The first-order valence-corrected chi connectivity index (χ1v) is 6.69. The predicted octanol–water partition coefficient (Wildman–Crippen LogP) is 0.757. The molecule has 1 aromatic rings. The number of benzene rings is 1. The summed E-state index contributed by atoms with van der Waals surface area (Å²) in [5, 5.41) is 1.29. The van der Waals surface area contributed by atoms with Gasteiger partial charge in [0, 0.05) is 0 Å². The van der Waals surface area contributed by atoms with E-state index in [2.05, 4.69) is 16.7 Å². The fourth-order valence-corrected chi connectivity index (χ4v) is 2.35. The lowest BCUT2D eigenvalue weighted by Crippen LogP contribution is -2.42. The maximum absolute atomic E-state index is 12.0. The number of sulfonamides is 1. The van der Waals surface area contributed by atoms with Crippen molar-refractivity contribution in [1.82, 2.24) is 9.84 Å². The molecule has 94 valence electrons. The van der Waals surface area contributed by atoms with Crippen LogP contribution in [0.25, 0.3) is 0 Å². The van der Waals surface area contributed by atoms with Crippen LogP contribution in [0.4, 0.5) is 0 Å². The number of nitrogens with zero attached hydrogens (tertiary/aromatic N) is 1. The summed E-state index contributed by atoms with van der Waals surface area (Å²) in [6, 6.07) is 6.51. The topological polar surface area (TPSA) is 49.4 Å². The molecule has 1 N–H and O–H groups in total. The third kappa shape index (κ3) is 3.90. The molecule has 0 aliphatic carbocycles. The molecule has 0 spiro atoms. The highest BCUT2D eigenvalue weighted by molar-refractivity contribution is 7.89. The van der Waals surface area contributed by atoms with Crippen molar-refractivity contribution >= 4 is 10.0 Å². The average Bonchev–Trinajstić information content (AvgIpc) is 2.29. The molecule has 0 unspecified atom stereocenters. The summed E-state index contributed by atoms with van der Waals surface area (Å²) >= 11 is 0. The molecule has 0 atom stereocenters. The smallest absolute Gasteiger partial charge is 0.207 e. The van der Waals surface area contributed by atoms with Gasteiger partial charge in [-0.15, -0.1) is 17.7 Å². The Morgan fingerprint density at radius 3 is 2.11 bits per heavy atom. The van der Waals surface area contributed by atoms with Gasteiger partial charge in [0.05, 0.1) is 18.0 Å². The van der Waals surface area contributed by atoms with Gasteiger partial charge in [-0.3, -0.25) is 0 Å². The Labute approximate surface area is 108 Å². The average molecular weight is 262 g/mol. The molecular formula is C13H14N2O2S. The van der Waals surface area contributed by atoms with Crippen molar-refractivity contribution in [2.24, 2.45) is 0 Å². The lowest BCUT2D eigenvalue weighted by Gasteiger charge is -2.18. The summed E-state index contributed by atoms with van der Waals surface area (Å²) in [5.41, 5.74) is 0.984. The van der Waals surface area contributed by atoms with Crippen molar-refractivity contribution in [3.05, 3.63) is 29.8 Å². The van der Waals surface area contributed by atoms with Gasteiger partial charge in [0.1, 0.15) is 0 Å². The number of nitrogens with one attached hydrogen (secondary N) is 1. The highest BCUT2D eigenvalue weighted by atomic mass is 32.2. The highest BCUT2D eigenvalue weighted by Gasteiger charge is 2.16. The molecule has 0 radical (unpaired) electrons. The number of rotatable bonds is 5. The molecule has 0 bridgehead atoms. The summed E-state index contributed by atoms with van der Waals surface area (Å²) in [4.78, 5) is 2.52. The van der Waals surface area contributed by atoms with Gasteiger partial charge < -0.3 is 0 Å². The minimum Gasteiger partial charge on any atom is -0.207 e. The number of terminal acetylenes is 2. The Morgan fingerprint density at radius 1 is 1.17 bits per heavy atom. The van der Waals surface area contributed by atoms with Crippen LogP contribution in [0.1, 0.15) is 5.56 Å². The fourth-order valence-electron chi connectivity index (χ4n) is 1.28. The summed E-state index contributed by atoms with van der Waals surface area (Å²) in [6.45, 7) is 2.09. The van der Waals surface area contributed by atoms with Crippen molar-refractivity contribution in [3.63, 3.8) is 0 Å². The number of aryl methyl sites for hydroxylation is 1. The van der Waals surface area contributed by atoms with E-state index in [1.54, 1.807) is 12.1 Å². The van der Waals surface area contributed by atoms with Gasteiger partial charge in [-0.2, -0.15) is 0 Å². The first-order chi connectivity index (χ1) is 8.49. The normalized spacial score (nSPS) is 10.9. The molecule has 0 saturated carbocycles. The number of hydrogen-bond acceptors (Lipinski definition) is 3. The first kappa shape index (κ1) is 14.3. The molecule has 0 saturated heterocycles. The maximum atomic E-state index is 12.0.